The first-order chi connectivity index (χ1) is 7.63. The fourth-order valence-electron chi connectivity index (χ4n) is 1.03. The number of hydrogen-bond donors (Lipinski definition) is 1. The van der Waals surface area contributed by atoms with E-state index in [1.165, 1.54) is 0 Å². The van der Waals surface area contributed by atoms with Crippen LogP contribution in [0.25, 0.3) is 0 Å². The van der Waals surface area contributed by atoms with Crippen molar-refractivity contribution in [3.8, 4) is 5.88 Å². The molecule has 0 saturated heterocycles. The largest absolute Gasteiger partial charge is 0.476 e. The maximum Gasteiger partial charge on any atom is 0.357 e. The second-order valence-corrected chi connectivity index (χ2v) is 3.37. The molecule has 0 fully saturated rings. The van der Waals surface area contributed by atoms with Crippen LogP contribution in [0.2, 0.25) is 0 Å². The SMILES string of the molecule is CCOC(=O)c1cccc(OCC(C)N)n1. The molecule has 5 heteroatoms. The van der Waals surface area contributed by atoms with Crippen molar-refractivity contribution in [3.63, 3.8) is 0 Å². The number of rotatable bonds is 5. The fourth-order valence-corrected chi connectivity index (χ4v) is 1.03. The minimum Gasteiger partial charge on any atom is -0.476 e. The Morgan fingerprint density at radius 1 is 1.56 bits per heavy atom. The van der Waals surface area contributed by atoms with E-state index in [1.54, 1.807) is 25.1 Å². The van der Waals surface area contributed by atoms with Gasteiger partial charge in [0.15, 0.2) is 5.69 Å². The molecular formula is C11H16N2O3. The second kappa shape index (κ2) is 6.07. The third-order valence-corrected chi connectivity index (χ3v) is 1.70. The van der Waals surface area contributed by atoms with Crippen LogP contribution in [0.1, 0.15) is 24.3 Å². The summed E-state index contributed by atoms with van der Waals surface area (Å²) in [6.45, 7) is 4.26. The van der Waals surface area contributed by atoms with Crippen LogP contribution < -0.4 is 10.5 Å². The average molecular weight is 224 g/mol. The topological polar surface area (TPSA) is 74.4 Å². The number of pyridine rings is 1. The van der Waals surface area contributed by atoms with Crippen molar-refractivity contribution >= 4 is 5.97 Å². The zero-order chi connectivity index (χ0) is 12.0. The number of esters is 1. The predicted octanol–water partition coefficient (Wildman–Crippen LogP) is 0.984. The molecule has 0 radical (unpaired) electrons. The number of nitrogens with zero attached hydrogens (tertiary/aromatic N) is 1. The van der Waals surface area contributed by atoms with Crippen LogP contribution in [0.3, 0.4) is 0 Å². The van der Waals surface area contributed by atoms with Gasteiger partial charge >= 0.3 is 5.97 Å². The van der Waals surface area contributed by atoms with Crippen molar-refractivity contribution in [2.45, 2.75) is 19.9 Å². The minimum absolute atomic E-state index is 0.0759. The summed E-state index contributed by atoms with van der Waals surface area (Å²) >= 11 is 0. The summed E-state index contributed by atoms with van der Waals surface area (Å²) in [7, 11) is 0. The number of hydrogen-bond acceptors (Lipinski definition) is 5. The first-order valence-electron chi connectivity index (χ1n) is 5.16. The van der Waals surface area contributed by atoms with Gasteiger partial charge in [0.25, 0.3) is 0 Å². The lowest BCUT2D eigenvalue weighted by Crippen LogP contribution is -2.24. The molecule has 0 aliphatic heterocycles. The van der Waals surface area contributed by atoms with E-state index >= 15 is 0 Å². The molecule has 1 aromatic heterocycles. The first-order valence-corrected chi connectivity index (χ1v) is 5.16. The van der Waals surface area contributed by atoms with Gasteiger partial charge in [0, 0.05) is 12.1 Å². The highest BCUT2D eigenvalue weighted by atomic mass is 16.5. The highest BCUT2D eigenvalue weighted by Gasteiger charge is 2.09. The van der Waals surface area contributed by atoms with Crippen LogP contribution in [0.15, 0.2) is 18.2 Å². The molecule has 0 aliphatic carbocycles. The second-order valence-electron chi connectivity index (χ2n) is 3.37. The minimum atomic E-state index is -0.450. The molecule has 16 heavy (non-hydrogen) atoms. The van der Waals surface area contributed by atoms with Crippen LogP contribution in [0.5, 0.6) is 5.88 Å². The van der Waals surface area contributed by atoms with Crippen molar-refractivity contribution in [3.05, 3.63) is 23.9 Å². The van der Waals surface area contributed by atoms with E-state index in [9.17, 15) is 4.79 Å². The molecule has 1 unspecified atom stereocenters. The Bertz CT molecular complexity index is 353. The molecule has 0 amide bonds. The van der Waals surface area contributed by atoms with Crippen molar-refractivity contribution in [2.75, 3.05) is 13.2 Å². The van der Waals surface area contributed by atoms with Gasteiger partial charge in [-0.1, -0.05) is 6.07 Å². The molecule has 1 rings (SSSR count). The summed E-state index contributed by atoms with van der Waals surface area (Å²) in [6, 6.07) is 4.87. The van der Waals surface area contributed by atoms with Gasteiger partial charge < -0.3 is 15.2 Å². The zero-order valence-corrected chi connectivity index (χ0v) is 9.47. The Morgan fingerprint density at radius 3 is 2.94 bits per heavy atom. The maximum atomic E-state index is 11.4. The molecule has 1 heterocycles. The lowest BCUT2D eigenvalue weighted by molar-refractivity contribution is 0.0518. The molecule has 0 aromatic carbocycles. The Balaban J connectivity index is 2.67. The van der Waals surface area contributed by atoms with Gasteiger partial charge in [-0.3, -0.25) is 0 Å². The smallest absolute Gasteiger partial charge is 0.357 e. The van der Waals surface area contributed by atoms with Crippen LogP contribution in [0.4, 0.5) is 0 Å². The van der Waals surface area contributed by atoms with E-state index < -0.39 is 5.97 Å². The average Bonchev–Trinajstić information content (AvgIpc) is 2.27. The number of aromatic nitrogens is 1. The summed E-state index contributed by atoms with van der Waals surface area (Å²) in [5.74, 6) is -0.0726. The summed E-state index contributed by atoms with van der Waals surface area (Å²) in [4.78, 5) is 15.4. The fraction of sp³-hybridized carbons (Fsp3) is 0.455. The third-order valence-electron chi connectivity index (χ3n) is 1.70. The van der Waals surface area contributed by atoms with Crippen LogP contribution in [-0.4, -0.2) is 30.2 Å². The van der Waals surface area contributed by atoms with Gasteiger partial charge in [0.05, 0.1) is 6.61 Å². The molecule has 0 saturated carbocycles. The molecule has 1 atom stereocenters. The number of carbonyl (C=O) groups excluding carboxylic acids is 1. The Morgan fingerprint density at radius 2 is 2.31 bits per heavy atom. The van der Waals surface area contributed by atoms with Crippen LogP contribution in [-0.2, 0) is 4.74 Å². The van der Waals surface area contributed by atoms with E-state index in [0.29, 0.717) is 19.1 Å². The van der Waals surface area contributed by atoms with E-state index in [2.05, 4.69) is 4.98 Å². The van der Waals surface area contributed by atoms with E-state index in [-0.39, 0.29) is 11.7 Å². The Kier molecular flexibility index (Phi) is 4.72. The Labute approximate surface area is 94.6 Å². The van der Waals surface area contributed by atoms with Gasteiger partial charge in [-0.25, -0.2) is 9.78 Å². The molecular weight excluding hydrogens is 208 g/mol. The molecule has 1 aromatic rings. The van der Waals surface area contributed by atoms with Crippen molar-refractivity contribution < 1.29 is 14.3 Å². The van der Waals surface area contributed by atoms with Gasteiger partial charge in [0.2, 0.25) is 5.88 Å². The summed E-state index contributed by atoms with van der Waals surface area (Å²) in [6.07, 6.45) is 0. The molecule has 88 valence electrons. The number of carbonyl (C=O) groups is 1. The van der Waals surface area contributed by atoms with Crippen molar-refractivity contribution in [1.29, 1.82) is 0 Å². The number of nitrogens with two attached hydrogens (primary N) is 1. The molecule has 0 aliphatic rings. The van der Waals surface area contributed by atoms with Crippen LogP contribution >= 0.6 is 0 Å². The quantitative estimate of drug-likeness (QED) is 0.755. The van der Waals surface area contributed by atoms with Gasteiger partial charge in [-0.15, -0.1) is 0 Å². The van der Waals surface area contributed by atoms with E-state index in [1.807, 2.05) is 6.92 Å². The molecule has 2 N–H and O–H groups in total. The zero-order valence-electron chi connectivity index (χ0n) is 9.47. The lowest BCUT2D eigenvalue weighted by Gasteiger charge is -2.08. The molecule has 0 spiro atoms. The third kappa shape index (κ3) is 3.86. The molecule has 0 bridgehead atoms. The first kappa shape index (κ1) is 12.4. The van der Waals surface area contributed by atoms with Crippen LogP contribution in [0, 0.1) is 0 Å². The van der Waals surface area contributed by atoms with Crippen molar-refractivity contribution in [2.24, 2.45) is 5.73 Å². The predicted molar refractivity (Wildman–Crippen MR) is 59.3 cm³/mol. The normalized spacial score (nSPS) is 11.9. The maximum absolute atomic E-state index is 11.4. The van der Waals surface area contributed by atoms with Crippen molar-refractivity contribution in [1.82, 2.24) is 4.98 Å². The Hall–Kier alpha value is -1.62. The summed E-state index contributed by atoms with van der Waals surface area (Å²) in [5, 5.41) is 0. The van der Waals surface area contributed by atoms with Gasteiger partial charge in [-0.05, 0) is 19.9 Å². The highest BCUT2D eigenvalue weighted by molar-refractivity contribution is 5.87. The van der Waals surface area contributed by atoms with E-state index in [4.69, 9.17) is 15.2 Å². The monoisotopic (exact) mass is 224 g/mol. The van der Waals surface area contributed by atoms with E-state index in [0.717, 1.165) is 0 Å². The number of ether oxygens (including phenoxy) is 2. The summed E-state index contributed by atoms with van der Waals surface area (Å²) in [5.41, 5.74) is 5.78. The van der Waals surface area contributed by atoms with Gasteiger partial charge in [0.1, 0.15) is 6.61 Å². The molecule has 5 nitrogen and oxygen atoms in total. The highest BCUT2D eigenvalue weighted by Crippen LogP contribution is 2.08. The summed E-state index contributed by atoms with van der Waals surface area (Å²) < 4.78 is 10.1. The standard InChI is InChI=1S/C11H16N2O3/c1-3-15-11(14)9-5-4-6-10(13-9)16-7-8(2)12/h4-6,8H,3,7,12H2,1-2H3. The van der Waals surface area contributed by atoms with Gasteiger partial charge in [-0.2, -0.15) is 0 Å². The lowest BCUT2D eigenvalue weighted by atomic mass is 10.3.